The fourth-order valence-electron chi connectivity index (χ4n) is 2.08. The Balaban J connectivity index is 1.95. The third kappa shape index (κ3) is 3.45. The molecule has 1 unspecified atom stereocenters. The molecule has 0 fully saturated rings. The number of aryl methyl sites for hydroxylation is 2. The van der Waals surface area contributed by atoms with Crippen LogP contribution >= 0.6 is 15.9 Å². The number of halogens is 1. The molecule has 19 heavy (non-hydrogen) atoms. The molecule has 2 aromatic rings. The molecule has 0 saturated carbocycles. The van der Waals surface area contributed by atoms with Crippen LogP contribution in [0.15, 0.2) is 23.2 Å². The van der Waals surface area contributed by atoms with E-state index in [-0.39, 0.29) is 0 Å². The summed E-state index contributed by atoms with van der Waals surface area (Å²) in [5.74, 6) is 0. The lowest BCUT2D eigenvalue weighted by Gasteiger charge is -2.15. The maximum absolute atomic E-state index is 4.50. The summed E-state index contributed by atoms with van der Waals surface area (Å²) >= 11 is 3.61. The SMILES string of the molecule is CCn1nc(C)c(Br)c1CNC(C)Cn1ccnc1. The molecule has 0 amide bonds. The van der Waals surface area contributed by atoms with Gasteiger partial charge in [-0.15, -0.1) is 0 Å². The van der Waals surface area contributed by atoms with Gasteiger partial charge in [-0.1, -0.05) is 0 Å². The molecule has 2 aromatic heterocycles. The Morgan fingerprint density at radius 2 is 2.26 bits per heavy atom. The Labute approximate surface area is 122 Å². The Bertz CT molecular complexity index is 517. The molecule has 0 bridgehead atoms. The van der Waals surface area contributed by atoms with E-state index < -0.39 is 0 Å². The quantitative estimate of drug-likeness (QED) is 0.886. The van der Waals surface area contributed by atoms with Crippen LogP contribution in [0.1, 0.15) is 25.2 Å². The molecular weight excluding hydrogens is 306 g/mol. The van der Waals surface area contributed by atoms with Crippen LogP contribution in [0, 0.1) is 6.92 Å². The first-order chi connectivity index (χ1) is 9.11. The van der Waals surface area contributed by atoms with Crippen LogP contribution in [0.5, 0.6) is 0 Å². The van der Waals surface area contributed by atoms with Crippen LogP contribution < -0.4 is 5.32 Å². The second kappa shape index (κ2) is 6.34. The number of hydrogen-bond acceptors (Lipinski definition) is 3. The first-order valence-corrected chi connectivity index (χ1v) is 7.32. The van der Waals surface area contributed by atoms with Gasteiger partial charge in [0.15, 0.2) is 0 Å². The van der Waals surface area contributed by atoms with E-state index in [1.54, 1.807) is 6.20 Å². The molecule has 0 aliphatic rings. The molecule has 6 heteroatoms. The lowest BCUT2D eigenvalue weighted by atomic mass is 10.3. The summed E-state index contributed by atoms with van der Waals surface area (Å²) in [5.41, 5.74) is 2.25. The zero-order valence-electron chi connectivity index (χ0n) is 11.6. The van der Waals surface area contributed by atoms with Gasteiger partial charge in [-0.3, -0.25) is 4.68 Å². The number of rotatable bonds is 6. The fourth-order valence-corrected chi connectivity index (χ4v) is 2.51. The van der Waals surface area contributed by atoms with E-state index in [0.29, 0.717) is 6.04 Å². The maximum Gasteiger partial charge on any atom is 0.0946 e. The largest absolute Gasteiger partial charge is 0.336 e. The summed E-state index contributed by atoms with van der Waals surface area (Å²) in [5, 5.41) is 8.02. The van der Waals surface area contributed by atoms with Gasteiger partial charge in [0.05, 0.1) is 22.2 Å². The third-order valence-electron chi connectivity index (χ3n) is 3.11. The number of aromatic nitrogens is 4. The second-order valence-corrected chi connectivity index (χ2v) is 5.50. The molecule has 0 saturated heterocycles. The Morgan fingerprint density at radius 1 is 1.47 bits per heavy atom. The highest BCUT2D eigenvalue weighted by Gasteiger charge is 2.12. The normalized spacial score (nSPS) is 12.8. The first kappa shape index (κ1) is 14.3. The molecule has 1 atom stereocenters. The van der Waals surface area contributed by atoms with Crippen molar-refractivity contribution in [1.29, 1.82) is 0 Å². The van der Waals surface area contributed by atoms with Crippen molar-refractivity contribution < 1.29 is 0 Å². The van der Waals surface area contributed by atoms with E-state index in [1.165, 1.54) is 5.69 Å². The Hall–Kier alpha value is -1.14. The van der Waals surface area contributed by atoms with Crippen LogP contribution in [0.3, 0.4) is 0 Å². The van der Waals surface area contributed by atoms with Gasteiger partial charge in [-0.25, -0.2) is 4.98 Å². The molecule has 104 valence electrons. The van der Waals surface area contributed by atoms with Gasteiger partial charge in [0.25, 0.3) is 0 Å². The molecule has 2 rings (SSSR count). The Morgan fingerprint density at radius 3 is 2.89 bits per heavy atom. The highest BCUT2D eigenvalue weighted by atomic mass is 79.9. The van der Waals surface area contributed by atoms with Crippen molar-refractivity contribution in [1.82, 2.24) is 24.6 Å². The molecule has 0 spiro atoms. The highest BCUT2D eigenvalue weighted by molar-refractivity contribution is 9.10. The summed E-state index contributed by atoms with van der Waals surface area (Å²) in [6.45, 7) is 8.92. The molecule has 2 heterocycles. The van der Waals surface area contributed by atoms with Crippen molar-refractivity contribution in [3.05, 3.63) is 34.6 Å². The monoisotopic (exact) mass is 325 g/mol. The summed E-state index contributed by atoms with van der Waals surface area (Å²) in [4.78, 5) is 4.05. The average molecular weight is 326 g/mol. The molecular formula is C13H20BrN5. The number of nitrogens with one attached hydrogen (secondary N) is 1. The van der Waals surface area contributed by atoms with Crippen molar-refractivity contribution in [3.63, 3.8) is 0 Å². The topological polar surface area (TPSA) is 47.7 Å². The minimum Gasteiger partial charge on any atom is -0.336 e. The molecule has 0 aliphatic carbocycles. The summed E-state index contributed by atoms with van der Waals surface area (Å²) < 4.78 is 5.22. The second-order valence-electron chi connectivity index (χ2n) is 4.70. The summed E-state index contributed by atoms with van der Waals surface area (Å²) in [6, 6.07) is 0.376. The molecule has 0 aliphatic heterocycles. The average Bonchev–Trinajstić information content (AvgIpc) is 2.97. The number of hydrogen-bond donors (Lipinski definition) is 1. The van der Waals surface area contributed by atoms with Crippen molar-refractivity contribution in [2.75, 3.05) is 0 Å². The van der Waals surface area contributed by atoms with Crippen molar-refractivity contribution in [3.8, 4) is 0 Å². The van der Waals surface area contributed by atoms with Gasteiger partial charge in [0.2, 0.25) is 0 Å². The highest BCUT2D eigenvalue weighted by Crippen LogP contribution is 2.20. The van der Waals surface area contributed by atoms with E-state index >= 15 is 0 Å². The van der Waals surface area contributed by atoms with Crippen LogP contribution in [0.2, 0.25) is 0 Å². The zero-order chi connectivity index (χ0) is 13.8. The lowest BCUT2D eigenvalue weighted by molar-refractivity contribution is 0.461. The van der Waals surface area contributed by atoms with E-state index in [2.05, 4.69) is 49.7 Å². The maximum atomic E-state index is 4.50. The minimum absolute atomic E-state index is 0.376. The van der Waals surface area contributed by atoms with E-state index in [1.807, 2.05) is 24.1 Å². The van der Waals surface area contributed by atoms with Crippen molar-refractivity contribution >= 4 is 15.9 Å². The first-order valence-electron chi connectivity index (χ1n) is 6.52. The number of nitrogens with zero attached hydrogens (tertiary/aromatic N) is 4. The van der Waals surface area contributed by atoms with E-state index in [9.17, 15) is 0 Å². The van der Waals surface area contributed by atoms with Gasteiger partial charge in [0, 0.05) is 38.1 Å². The van der Waals surface area contributed by atoms with Crippen molar-refractivity contribution in [2.45, 2.75) is 46.4 Å². The third-order valence-corrected chi connectivity index (χ3v) is 4.15. The smallest absolute Gasteiger partial charge is 0.0946 e. The predicted molar refractivity (Wildman–Crippen MR) is 78.9 cm³/mol. The van der Waals surface area contributed by atoms with Gasteiger partial charge in [-0.2, -0.15) is 5.10 Å². The summed E-state index contributed by atoms with van der Waals surface area (Å²) in [7, 11) is 0. The number of imidazole rings is 1. The molecule has 5 nitrogen and oxygen atoms in total. The molecule has 0 aromatic carbocycles. The van der Waals surface area contributed by atoms with Gasteiger partial charge >= 0.3 is 0 Å². The predicted octanol–water partition coefficient (Wildman–Crippen LogP) is 2.35. The van der Waals surface area contributed by atoms with Crippen LogP contribution in [0.25, 0.3) is 0 Å². The van der Waals surface area contributed by atoms with E-state index in [0.717, 1.165) is 29.8 Å². The van der Waals surface area contributed by atoms with E-state index in [4.69, 9.17) is 0 Å². The zero-order valence-corrected chi connectivity index (χ0v) is 13.2. The van der Waals surface area contributed by atoms with Gasteiger partial charge in [-0.05, 0) is 36.7 Å². The van der Waals surface area contributed by atoms with Crippen LogP contribution in [-0.4, -0.2) is 25.4 Å². The van der Waals surface area contributed by atoms with Crippen molar-refractivity contribution in [2.24, 2.45) is 0 Å². The Kier molecular flexibility index (Phi) is 4.76. The standard InChI is InChI=1S/C13H20BrN5/c1-4-19-12(13(14)11(3)17-19)7-16-10(2)8-18-6-5-15-9-18/h5-6,9-10,16H,4,7-8H2,1-3H3. The van der Waals surface area contributed by atoms with Crippen LogP contribution in [0.4, 0.5) is 0 Å². The minimum atomic E-state index is 0.376. The van der Waals surface area contributed by atoms with Gasteiger partial charge < -0.3 is 9.88 Å². The molecule has 1 N–H and O–H groups in total. The molecule has 0 radical (unpaired) electrons. The van der Waals surface area contributed by atoms with Crippen LogP contribution in [-0.2, 0) is 19.6 Å². The van der Waals surface area contributed by atoms with Gasteiger partial charge in [0.1, 0.15) is 0 Å². The summed E-state index contributed by atoms with van der Waals surface area (Å²) in [6.07, 6.45) is 5.63. The fraction of sp³-hybridized carbons (Fsp3) is 0.538. The lowest BCUT2D eigenvalue weighted by Crippen LogP contribution is -2.30.